The fourth-order valence-corrected chi connectivity index (χ4v) is 2.92. The van der Waals surface area contributed by atoms with Crippen LogP contribution in [0.25, 0.3) is 0 Å². The van der Waals surface area contributed by atoms with E-state index < -0.39 is 0 Å². The Morgan fingerprint density at radius 2 is 1.69 bits per heavy atom. The minimum atomic E-state index is 1.01. The molecule has 2 fully saturated rings. The van der Waals surface area contributed by atoms with Gasteiger partial charge in [0.25, 0.3) is 0 Å². The van der Waals surface area contributed by atoms with Crippen LogP contribution >= 0.6 is 0 Å². The van der Waals surface area contributed by atoms with E-state index in [2.05, 4.69) is 26.1 Å². The lowest BCUT2D eigenvalue weighted by molar-refractivity contribution is 0.126. The molecule has 1 heterocycles. The normalized spacial score (nSPS) is 32.4. The molecule has 98 valence electrons. The van der Waals surface area contributed by atoms with E-state index in [1.54, 1.807) is 0 Å². The lowest BCUT2D eigenvalue weighted by Crippen LogP contribution is -2.41. The molecule has 3 atom stereocenters. The summed E-state index contributed by atoms with van der Waals surface area (Å²) in [7, 11) is 0. The van der Waals surface area contributed by atoms with Gasteiger partial charge in [0.2, 0.25) is 0 Å². The second kappa shape index (κ2) is 10.1. The molecule has 0 bridgehead atoms. The first kappa shape index (κ1) is 16.0. The number of piperidine rings is 1. The van der Waals surface area contributed by atoms with Crippen molar-refractivity contribution in [1.29, 1.82) is 0 Å². The first-order valence-corrected chi connectivity index (χ1v) is 7.50. The van der Waals surface area contributed by atoms with Gasteiger partial charge in [0, 0.05) is 0 Å². The third-order valence-corrected chi connectivity index (χ3v) is 3.63. The van der Waals surface area contributed by atoms with E-state index in [1.807, 2.05) is 13.8 Å². The van der Waals surface area contributed by atoms with Gasteiger partial charge in [-0.2, -0.15) is 0 Å². The van der Waals surface area contributed by atoms with Gasteiger partial charge in [-0.1, -0.05) is 53.9 Å². The highest BCUT2D eigenvalue weighted by Gasteiger charge is 2.31. The molecule has 1 aliphatic carbocycles. The fourth-order valence-electron chi connectivity index (χ4n) is 2.92. The van der Waals surface area contributed by atoms with Gasteiger partial charge < -0.3 is 5.32 Å². The average molecular weight is 227 g/mol. The summed E-state index contributed by atoms with van der Waals surface area (Å²) in [6.45, 7) is 13.3. The van der Waals surface area contributed by atoms with Crippen LogP contribution in [0.5, 0.6) is 0 Å². The third-order valence-electron chi connectivity index (χ3n) is 3.63. The summed E-state index contributed by atoms with van der Waals surface area (Å²) in [5.41, 5.74) is 0. The minimum absolute atomic E-state index is 1.01. The maximum Gasteiger partial charge on any atom is -0.00178 e. The Kier molecular flexibility index (Phi) is 10.1. The number of nitrogens with one attached hydrogen (secondary N) is 1. The fraction of sp³-hybridized carbons (Fsp3) is 1.00. The molecular weight excluding hydrogens is 194 g/mol. The van der Waals surface area contributed by atoms with Gasteiger partial charge in [-0.15, -0.1) is 0 Å². The molecule has 0 spiro atoms. The SMILES string of the molecule is CC.CC1CCCC2CNCCC12.CCC. The number of hydrogen-bond donors (Lipinski definition) is 1. The Labute approximate surface area is 103 Å². The van der Waals surface area contributed by atoms with Crippen LogP contribution in [0.4, 0.5) is 0 Å². The highest BCUT2D eigenvalue weighted by atomic mass is 14.9. The van der Waals surface area contributed by atoms with Crippen molar-refractivity contribution in [2.75, 3.05) is 13.1 Å². The molecule has 1 saturated heterocycles. The van der Waals surface area contributed by atoms with Crippen molar-refractivity contribution in [2.45, 2.75) is 66.7 Å². The molecule has 2 rings (SSSR count). The zero-order chi connectivity index (χ0) is 12.4. The summed E-state index contributed by atoms with van der Waals surface area (Å²) in [6, 6.07) is 0. The largest absolute Gasteiger partial charge is 0.316 e. The van der Waals surface area contributed by atoms with Gasteiger partial charge in [-0.05, 0) is 43.7 Å². The van der Waals surface area contributed by atoms with Crippen molar-refractivity contribution < 1.29 is 0 Å². The highest BCUT2D eigenvalue weighted by molar-refractivity contribution is 4.84. The minimum Gasteiger partial charge on any atom is -0.316 e. The maximum atomic E-state index is 3.50. The van der Waals surface area contributed by atoms with Crippen molar-refractivity contribution in [1.82, 2.24) is 5.32 Å². The van der Waals surface area contributed by atoms with Crippen molar-refractivity contribution in [3.63, 3.8) is 0 Å². The van der Waals surface area contributed by atoms with Crippen LogP contribution in [-0.2, 0) is 0 Å². The second-order valence-electron chi connectivity index (χ2n) is 5.03. The zero-order valence-corrected chi connectivity index (χ0v) is 12.2. The molecule has 2 aliphatic rings. The van der Waals surface area contributed by atoms with Crippen molar-refractivity contribution >= 4 is 0 Å². The summed E-state index contributed by atoms with van der Waals surface area (Å²) in [5.74, 6) is 3.09. The standard InChI is InChI=1S/C10H19N.C3H8.C2H6/c1-8-3-2-4-9-7-11-6-5-10(8)9;1-3-2;1-2/h8-11H,2-7H2,1H3;3H2,1-2H3;1-2H3. The topological polar surface area (TPSA) is 12.0 Å². The van der Waals surface area contributed by atoms with Gasteiger partial charge in [0.1, 0.15) is 0 Å². The van der Waals surface area contributed by atoms with Crippen molar-refractivity contribution in [2.24, 2.45) is 17.8 Å². The van der Waals surface area contributed by atoms with E-state index in [1.165, 1.54) is 45.2 Å². The monoisotopic (exact) mass is 227 g/mol. The second-order valence-corrected chi connectivity index (χ2v) is 5.03. The summed E-state index contributed by atoms with van der Waals surface area (Å²) < 4.78 is 0. The molecule has 1 nitrogen and oxygen atoms in total. The quantitative estimate of drug-likeness (QED) is 0.643. The molecule has 0 aromatic heterocycles. The van der Waals surface area contributed by atoms with E-state index in [-0.39, 0.29) is 0 Å². The molecule has 0 amide bonds. The smallest absolute Gasteiger partial charge is 0.00178 e. The number of hydrogen-bond acceptors (Lipinski definition) is 1. The number of rotatable bonds is 0. The van der Waals surface area contributed by atoms with E-state index in [0.29, 0.717) is 0 Å². The zero-order valence-electron chi connectivity index (χ0n) is 12.2. The van der Waals surface area contributed by atoms with E-state index in [9.17, 15) is 0 Å². The predicted molar refractivity (Wildman–Crippen MR) is 74.8 cm³/mol. The Bertz CT molecular complexity index is 142. The molecule has 16 heavy (non-hydrogen) atoms. The summed E-state index contributed by atoms with van der Waals surface area (Å²) in [6.07, 6.45) is 7.14. The van der Waals surface area contributed by atoms with Gasteiger partial charge in [-0.25, -0.2) is 0 Å². The summed E-state index contributed by atoms with van der Waals surface area (Å²) in [5, 5.41) is 3.50. The van der Waals surface area contributed by atoms with Gasteiger partial charge in [0.05, 0.1) is 0 Å². The van der Waals surface area contributed by atoms with Crippen LogP contribution in [0.15, 0.2) is 0 Å². The maximum absolute atomic E-state index is 3.50. The molecule has 0 radical (unpaired) electrons. The lowest BCUT2D eigenvalue weighted by Gasteiger charge is -2.40. The first-order valence-electron chi connectivity index (χ1n) is 7.50. The van der Waals surface area contributed by atoms with Crippen LogP contribution in [0, 0.1) is 17.8 Å². The van der Waals surface area contributed by atoms with E-state index in [4.69, 9.17) is 0 Å². The van der Waals surface area contributed by atoms with Crippen LogP contribution in [0.2, 0.25) is 0 Å². The van der Waals surface area contributed by atoms with E-state index in [0.717, 1.165) is 17.8 Å². The summed E-state index contributed by atoms with van der Waals surface area (Å²) >= 11 is 0. The van der Waals surface area contributed by atoms with Gasteiger partial charge in [-0.3, -0.25) is 0 Å². The molecule has 1 saturated carbocycles. The van der Waals surface area contributed by atoms with E-state index >= 15 is 0 Å². The van der Waals surface area contributed by atoms with Crippen molar-refractivity contribution in [3.05, 3.63) is 0 Å². The molecule has 1 N–H and O–H groups in total. The Hall–Kier alpha value is -0.0400. The van der Waals surface area contributed by atoms with Crippen LogP contribution in [-0.4, -0.2) is 13.1 Å². The summed E-state index contributed by atoms with van der Waals surface area (Å²) in [4.78, 5) is 0. The molecule has 3 unspecified atom stereocenters. The molecule has 0 aromatic carbocycles. The number of fused-ring (bicyclic) bond motifs is 1. The van der Waals surface area contributed by atoms with Gasteiger partial charge >= 0.3 is 0 Å². The van der Waals surface area contributed by atoms with Gasteiger partial charge in [0.15, 0.2) is 0 Å². The molecular formula is C15H33N. The Morgan fingerprint density at radius 1 is 1.06 bits per heavy atom. The van der Waals surface area contributed by atoms with Crippen LogP contribution in [0.3, 0.4) is 0 Å². The third kappa shape index (κ3) is 5.34. The molecule has 1 aliphatic heterocycles. The molecule has 0 aromatic rings. The highest BCUT2D eigenvalue weighted by Crippen LogP contribution is 2.37. The first-order chi connectivity index (χ1) is 7.79. The Morgan fingerprint density at radius 3 is 2.25 bits per heavy atom. The average Bonchev–Trinajstić information content (AvgIpc) is 2.33. The lowest BCUT2D eigenvalue weighted by atomic mass is 9.70. The van der Waals surface area contributed by atoms with Crippen LogP contribution in [0.1, 0.15) is 66.7 Å². The Balaban J connectivity index is 0.000000394. The predicted octanol–water partition coefficient (Wildman–Crippen LogP) is 4.47. The molecule has 1 heteroatoms. The van der Waals surface area contributed by atoms with Crippen LogP contribution < -0.4 is 5.32 Å². The van der Waals surface area contributed by atoms with Crippen molar-refractivity contribution in [3.8, 4) is 0 Å².